The van der Waals surface area contributed by atoms with Crippen molar-refractivity contribution >= 4 is 0 Å². The van der Waals surface area contributed by atoms with Gasteiger partial charge in [0.15, 0.2) is 11.6 Å². The number of nitrogens with two attached hydrogens (primary N) is 1. The predicted molar refractivity (Wildman–Crippen MR) is 79.3 cm³/mol. The van der Waals surface area contributed by atoms with Crippen molar-refractivity contribution in [2.24, 2.45) is 5.73 Å². The van der Waals surface area contributed by atoms with E-state index in [0.29, 0.717) is 18.8 Å². The van der Waals surface area contributed by atoms with Crippen LogP contribution in [-0.2, 0) is 13.0 Å². The second-order valence-electron chi connectivity index (χ2n) is 5.18. The maximum Gasteiger partial charge on any atom is 0.165 e. The molecule has 2 aromatic rings. The monoisotopic (exact) mass is 273 g/mol. The molecule has 2 N–H and O–H groups in total. The van der Waals surface area contributed by atoms with Crippen molar-refractivity contribution < 1.29 is 9.13 Å². The highest BCUT2D eigenvalue weighted by Gasteiger charge is 2.11. The summed E-state index contributed by atoms with van der Waals surface area (Å²) in [5.41, 5.74) is 8.81. The van der Waals surface area contributed by atoms with Crippen molar-refractivity contribution in [2.45, 2.75) is 32.9 Å². The number of halogens is 1. The van der Waals surface area contributed by atoms with E-state index in [9.17, 15) is 4.39 Å². The highest BCUT2D eigenvalue weighted by atomic mass is 19.1. The summed E-state index contributed by atoms with van der Waals surface area (Å²) in [5, 5.41) is 0. The Balaban J connectivity index is 2.13. The summed E-state index contributed by atoms with van der Waals surface area (Å²) in [6, 6.07) is 12.9. The minimum Gasteiger partial charge on any atom is -0.486 e. The third kappa shape index (κ3) is 3.81. The molecule has 0 spiro atoms. The first kappa shape index (κ1) is 14.5. The lowest BCUT2D eigenvalue weighted by Crippen LogP contribution is -2.18. The Kier molecular flexibility index (Phi) is 4.74. The molecular formula is C17H20FNO. The molecule has 0 aliphatic heterocycles. The average molecular weight is 273 g/mol. The van der Waals surface area contributed by atoms with Crippen molar-refractivity contribution in [1.29, 1.82) is 0 Å². The molecule has 0 aliphatic rings. The number of ether oxygens (including phenoxy) is 1. The van der Waals surface area contributed by atoms with Gasteiger partial charge in [0.1, 0.15) is 6.61 Å². The summed E-state index contributed by atoms with van der Waals surface area (Å²) in [6.07, 6.45) is 0.598. The molecule has 2 aromatic carbocycles. The van der Waals surface area contributed by atoms with Crippen LogP contribution in [0.15, 0.2) is 42.5 Å². The molecule has 0 heterocycles. The Morgan fingerprint density at radius 1 is 1.15 bits per heavy atom. The van der Waals surface area contributed by atoms with Gasteiger partial charge in [-0.3, -0.25) is 0 Å². The topological polar surface area (TPSA) is 35.2 Å². The maximum atomic E-state index is 13.9. The van der Waals surface area contributed by atoms with E-state index in [1.165, 1.54) is 11.6 Å². The molecule has 0 radical (unpaired) electrons. The Morgan fingerprint density at radius 3 is 2.50 bits per heavy atom. The van der Waals surface area contributed by atoms with Crippen LogP contribution in [0, 0.1) is 12.7 Å². The molecule has 0 saturated carbocycles. The number of hydrogen-bond acceptors (Lipinski definition) is 2. The molecule has 0 aliphatic carbocycles. The zero-order valence-electron chi connectivity index (χ0n) is 11.9. The van der Waals surface area contributed by atoms with Crippen LogP contribution in [0.1, 0.15) is 23.6 Å². The molecule has 0 amide bonds. The SMILES string of the molecule is Cc1ccc(COc2c(F)cccc2CC(C)N)cc1. The average Bonchev–Trinajstić information content (AvgIpc) is 2.39. The highest BCUT2D eigenvalue weighted by molar-refractivity contribution is 5.36. The van der Waals surface area contributed by atoms with E-state index in [0.717, 1.165) is 11.1 Å². The molecule has 20 heavy (non-hydrogen) atoms. The zero-order chi connectivity index (χ0) is 14.5. The molecule has 2 rings (SSSR count). The van der Waals surface area contributed by atoms with Crippen molar-refractivity contribution in [2.75, 3.05) is 0 Å². The van der Waals surface area contributed by atoms with Crippen LogP contribution >= 0.6 is 0 Å². The van der Waals surface area contributed by atoms with Crippen molar-refractivity contribution in [3.05, 3.63) is 65.0 Å². The van der Waals surface area contributed by atoms with Gasteiger partial charge in [-0.1, -0.05) is 42.0 Å². The molecule has 3 heteroatoms. The number of benzene rings is 2. The Labute approximate surface area is 119 Å². The molecule has 0 saturated heterocycles. The Hall–Kier alpha value is -1.87. The first-order valence-electron chi connectivity index (χ1n) is 6.77. The van der Waals surface area contributed by atoms with Gasteiger partial charge in [0.25, 0.3) is 0 Å². The van der Waals surface area contributed by atoms with E-state index in [1.807, 2.05) is 44.2 Å². The molecule has 0 fully saturated rings. The molecular weight excluding hydrogens is 253 g/mol. The van der Waals surface area contributed by atoms with Gasteiger partial charge in [-0.05, 0) is 37.5 Å². The van der Waals surface area contributed by atoms with Crippen LogP contribution in [0.2, 0.25) is 0 Å². The molecule has 2 nitrogen and oxygen atoms in total. The minimum absolute atomic E-state index is 0.0291. The fourth-order valence-electron chi connectivity index (χ4n) is 2.06. The van der Waals surface area contributed by atoms with Crippen LogP contribution in [0.4, 0.5) is 4.39 Å². The third-order valence-electron chi connectivity index (χ3n) is 3.09. The van der Waals surface area contributed by atoms with E-state index in [-0.39, 0.29) is 11.9 Å². The quantitative estimate of drug-likeness (QED) is 0.903. The fraction of sp³-hybridized carbons (Fsp3) is 0.294. The smallest absolute Gasteiger partial charge is 0.165 e. The van der Waals surface area contributed by atoms with Crippen molar-refractivity contribution in [3.8, 4) is 5.75 Å². The molecule has 0 bridgehead atoms. The molecule has 1 unspecified atom stereocenters. The lowest BCUT2D eigenvalue weighted by atomic mass is 10.1. The van der Waals surface area contributed by atoms with Crippen LogP contribution in [0.5, 0.6) is 5.75 Å². The van der Waals surface area contributed by atoms with Gasteiger partial charge < -0.3 is 10.5 Å². The minimum atomic E-state index is -0.338. The number of para-hydroxylation sites is 1. The van der Waals surface area contributed by atoms with Crippen LogP contribution in [-0.4, -0.2) is 6.04 Å². The summed E-state index contributed by atoms with van der Waals surface area (Å²) in [6.45, 7) is 4.28. The second-order valence-corrected chi connectivity index (χ2v) is 5.18. The molecule has 1 atom stereocenters. The van der Waals surface area contributed by atoms with Gasteiger partial charge in [-0.15, -0.1) is 0 Å². The van der Waals surface area contributed by atoms with Gasteiger partial charge in [0.2, 0.25) is 0 Å². The van der Waals surface area contributed by atoms with Crippen LogP contribution in [0.25, 0.3) is 0 Å². The largest absolute Gasteiger partial charge is 0.486 e. The second kappa shape index (κ2) is 6.53. The molecule has 0 aromatic heterocycles. The normalized spacial score (nSPS) is 12.2. The van der Waals surface area contributed by atoms with Gasteiger partial charge in [0, 0.05) is 6.04 Å². The summed E-state index contributed by atoms with van der Waals surface area (Å²) in [5.74, 6) is -0.0272. The maximum absolute atomic E-state index is 13.9. The first-order valence-corrected chi connectivity index (χ1v) is 6.77. The number of rotatable bonds is 5. The third-order valence-corrected chi connectivity index (χ3v) is 3.09. The zero-order valence-corrected chi connectivity index (χ0v) is 11.9. The highest BCUT2D eigenvalue weighted by Crippen LogP contribution is 2.25. The van der Waals surface area contributed by atoms with E-state index < -0.39 is 0 Å². The van der Waals surface area contributed by atoms with E-state index in [2.05, 4.69) is 0 Å². The summed E-state index contributed by atoms with van der Waals surface area (Å²) < 4.78 is 19.6. The van der Waals surface area contributed by atoms with E-state index >= 15 is 0 Å². The fourth-order valence-corrected chi connectivity index (χ4v) is 2.06. The lowest BCUT2D eigenvalue weighted by Gasteiger charge is -2.14. The standard InChI is InChI=1S/C17H20FNO/c1-12-6-8-14(9-7-12)11-20-17-15(10-13(2)19)4-3-5-16(17)18/h3-9,13H,10-11,19H2,1-2H3. The lowest BCUT2D eigenvalue weighted by molar-refractivity contribution is 0.286. The van der Waals surface area contributed by atoms with Crippen molar-refractivity contribution in [3.63, 3.8) is 0 Å². The van der Waals surface area contributed by atoms with Gasteiger partial charge in [-0.2, -0.15) is 0 Å². The summed E-state index contributed by atoms with van der Waals surface area (Å²) in [7, 11) is 0. The van der Waals surface area contributed by atoms with Crippen LogP contribution < -0.4 is 10.5 Å². The summed E-state index contributed by atoms with van der Waals surface area (Å²) >= 11 is 0. The van der Waals surface area contributed by atoms with Gasteiger partial charge in [-0.25, -0.2) is 4.39 Å². The number of hydrogen-bond donors (Lipinski definition) is 1. The summed E-state index contributed by atoms with van der Waals surface area (Å²) in [4.78, 5) is 0. The Morgan fingerprint density at radius 2 is 1.85 bits per heavy atom. The Bertz CT molecular complexity index is 564. The van der Waals surface area contributed by atoms with Crippen molar-refractivity contribution in [1.82, 2.24) is 0 Å². The van der Waals surface area contributed by atoms with E-state index in [1.54, 1.807) is 6.07 Å². The predicted octanol–water partition coefficient (Wildman–Crippen LogP) is 3.60. The van der Waals surface area contributed by atoms with Gasteiger partial charge >= 0.3 is 0 Å². The number of aryl methyl sites for hydroxylation is 1. The van der Waals surface area contributed by atoms with Crippen LogP contribution in [0.3, 0.4) is 0 Å². The molecule has 106 valence electrons. The first-order chi connectivity index (χ1) is 9.56. The van der Waals surface area contributed by atoms with Gasteiger partial charge in [0.05, 0.1) is 0 Å². The van der Waals surface area contributed by atoms with E-state index in [4.69, 9.17) is 10.5 Å².